The number of nitrogens with zero attached hydrogens (tertiary/aromatic N) is 3. The van der Waals surface area contributed by atoms with Crippen LogP contribution in [0.3, 0.4) is 0 Å². The van der Waals surface area contributed by atoms with Crippen LogP contribution in [0.1, 0.15) is 18.2 Å². The van der Waals surface area contributed by atoms with Crippen LogP contribution >= 0.6 is 11.6 Å². The smallest absolute Gasteiger partial charge is 0.232 e. The molecule has 0 fully saturated rings. The molecular formula is C17H18ClN5O2. The summed E-state index contributed by atoms with van der Waals surface area (Å²) in [6.07, 6.45) is 1.35. The number of nitrogens with one attached hydrogen (secondary N) is 2. The summed E-state index contributed by atoms with van der Waals surface area (Å²) in [6.45, 7) is 2.36. The summed E-state index contributed by atoms with van der Waals surface area (Å²) in [5.74, 6) is 0.980. The van der Waals surface area contributed by atoms with Gasteiger partial charge in [0.2, 0.25) is 5.91 Å². The van der Waals surface area contributed by atoms with E-state index in [0.717, 1.165) is 34.5 Å². The molecule has 1 unspecified atom stereocenters. The lowest BCUT2D eigenvalue weighted by Crippen LogP contribution is -2.32. The van der Waals surface area contributed by atoms with Crippen LogP contribution in [0.2, 0.25) is 5.02 Å². The Morgan fingerprint density at radius 1 is 1.52 bits per heavy atom. The maximum atomic E-state index is 12.7. The van der Waals surface area contributed by atoms with E-state index in [9.17, 15) is 4.79 Å². The van der Waals surface area contributed by atoms with Crippen molar-refractivity contribution in [3.05, 3.63) is 34.5 Å². The summed E-state index contributed by atoms with van der Waals surface area (Å²) in [6, 6.07) is 5.48. The molecule has 4 rings (SSSR count). The van der Waals surface area contributed by atoms with E-state index >= 15 is 0 Å². The molecule has 2 N–H and O–H groups in total. The number of aryl methyl sites for hydroxylation is 2. The molecule has 8 heteroatoms. The Balaban J connectivity index is 1.57. The molecule has 3 heterocycles. The van der Waals surface area contributed by atoms with Gasteiger partial charge in [0.1, 0.15) is 18.2 Å². The standard InChI is InChI=1S/C17H18ClN5O2/c1-3-12-14-15(20-21-16(14)23(2)22-12)19-17(24)10-6-9-7-11(18)4-5-13(9)25-8-10/h4-5,7,10H,3,6,8H2,1-2H3,(H2,19,20,21,24). The number of aromatic amines is 1. The molecule has 3 aromatic rings. The van der Waals surface area contributed by atoms with E-state index in [4.69, 9.17) is 16.3 Å². The minimum Gasteiger partial charge on any atom is -0.492 e. The van der Waals surface area contributed by atoms with Crippen LogP contribution in [0.15, 0.2) is 18.2 Å². The highest BCUT2D eigenvalue weighted by Crippen LogP contribution is 2.31. The predicted molar refractivity (Wildman–Crippen MR) is 95.0 cm³/mol. The second-order valence-electron chi connectivity index (χ2n) is 6.17. The first kappa shape index (κ1) is 16.0. The van der Waals surface area contributed by atoms with E-state index in [1.807, 2.05) is 26.1 Å². The quantitative estimate of drug-likeness (QED) is 0.753. The Hall–Kier alpha value is -2.54. The molecule has 0 bridgehead atoms. The van der Waals surface area contributed by atoms with Crippen LogP contribution in [-0.2, 0) is 24.7 Å². The van der Waals surface area contributed by atoms with E-state index in [2.05, 4.69) is 20.6 Å². The molecule has 7 nitrogen and oxygen atoms in total. The van der Waals surface area contributed by atoms with Crippen LogP contribution in [0, 0.1) is 5.92 Å². The molecule has 0 radical (unpaired) electrons. The van der Waals surface area contributed by atoms with Crippen LogP contribution in [0.25, 0.3) is 11.0 Å². The molecule has 0 saturated carbocycles. The van der Waals surface area contributed by atoms with Gasteiger partial charge in [-0.2, -0.15) is 10.2 Å². The Morgan fingerprint density at radius 2 is 2.36 bits per heavy atom. The van der Waals surface area contributed by atoms with E-state index in [-0.39, 0.29) is 11.8 Å². The molecule has 25 heavy (non-hydrogen) atoms. The molecule has 130 valence electrons. The highest BCUT2D eigenvalue weighted by molar-refractivity contribution is 6.30. The number of rotatable bonds is 3. The highest BCUT2D eigenvalue weighted by Gasteiger charge is 2.27. The molecular weight excluding hydrogens is 342 g/mol. The third-order valence-corrected chi connectivity index (χ3v) is 4.73. The Labute approximate surface area is 149 Å². The molecule has 0 saturated heterocycles. The second-order valence-corrected chi connectivity index (χ2v) is 6.61. The number of fused-ring (bicyclic) bond motifs is 2. The summed E-state index contributed by atoms with van der Waals surface area (Å²) in [5.41, 5.74) is 2.58. The number of halogens is 1. The molecule has 1 atom stereocenters. The fourth-order valence-electron chi connectivity index (χ4n) is 3.21. The summed E-state index contributed by atoms with van der Waals surface area (Å²) in [5, 5.41) is 16.0. The zero-order valence-corrected chi connectivity index (χ0v) is 14.7. The largest absolute Gasteiger partial charge is 0.492 e. The normalized spacial score (nSPS) is 16.5. The Morgan fingerprint density at radius 3 is 3.16 bits per heavy atom. The van der Waals surface area contributed by atoms with E-state index in [1.165, 1.54) is 0 Å². The number of ether oxygens (including phenoxy) is 1. The second kappa shape index (κ2) is 6.07. The van der Waals surface area contributed by atoms with Gasteiger partial charge in [-0.05, 0) is 36.6 Å². The summed E-state index contributed by atoms with van der Waals surface area (Å²) in [4.78, 5) is 12.7. The zero-order valence-electron chi connectivity index (χ0n) is 14.0. The first-order valence-corrected chi connectivity index (χ1v) is 8.56. The molecule has 1 aromatic carbocycles. The zero-order chi connectivity index (χ0) is 17.6. The maximum absolute atomic E-state index is 12.7. The summed E-state index contributed by atoms with van der Waals surface area (Å²) >= 11 is 6.04. The van der Waals surface area contributed by atoms with Crippen molar-refractivity contribution in [2.24, 2.45) is 13.0 Å². The van der Waals surface area contributed by atoms with Crippen molar-refractivity contribution < 1.29 is 9.53 Å². The van der Waals surface area contributed by atoms with Gasteiger partial charge in [0.05, 0.1) is 17.0 Å². The number of hydrogen-bond acceptors (Lipinski definition) is 4. The van der Waals surface area contributed by atoms with Crippen molar-refractivity contribution in [2.45, 2.75) is 19.8 Å². The fraction of sp³-hybridized carbons (Fsp3) is 0.353. The van der Waals surface area contributed by atoms with Crippen molar-refractivity contribution in [3.8, 4) is 5.75 Å². The van der Waals surface area contributed by atoms with Crippen molar-refractivity contribution in [2.75, 3.05) is 11.9 Å². The topological polar surface area (TPSA) is 84.8 Å². The number of carbonyl (C=O) groups excluding carboxylic acids is 1. The van der Waals surface area contributed by atoms with Crippen molar-refractivity contribution in [1.29, 1.82) is 0 Å². The van der Waals surface area contributed by atoms with Crippen molar-refractivity contribution >= 4 is 34.4 Å². The molecule has 2 aromatic heterocycles. The van der Waals surface area contributed by atoms with Gasteiger partial charge in [-0.25, -0.2) is 4.68 Å². The van der Waals surface area contributed by atoms with E-state index in [1.54, 1.807) is 10.7 Å². The minimum atomic E-state index is -0.286. The first-order valence-electron chi connectivity index (χ1n) is 8.18. The Bertz CT molecular complexity index is 962. The van der Waals surface area contributed by atoms with Crippen molar-refractivity contribution in [1.82, 2.24) is 20.0 Å². The van der Waals surface area contributed by atoms with Gasteiger partial charge in [0.15, 0.2) is 5.65 Å². The van der Waals surface area contributed by atoms with Gasteiger partial charge in [-0.3, -0.25) is 9.89 Å². The number of carbonyl (C=O) groups is 1. The maximum Gasteiger partial charge on any atom is 0.232 e. The average molecular weight is 360 g/mol. The SMILES string of the molecule is CCc1nn(C)c2n[nH]c(NC(=O)C3COc4ccc(Cl)cc4C3)c12. The predicted octanol–water partition coefficient (Wildman–Crippen LogP) is 2.70. The lowest BCUT2D eigenvalue weighted by molar-refractivity contribution is -0.121. The molecule has 0 aliphatic carbocycles. The van der Waals surface area contributed by atoms with Crippen molar-refractivity contribution in [3.63, 3.8) is 0 Å². The minimum absolute atomic E-state index is 0.109. The van der Waals surface area contributed by atoms with Crippen LogP contribution in [0.5, 0.6) is 5.75 Å². The van der Waals surface area contributed by atoms with Gasteiger partial charge in [-0.15, -0.1) is 0 Å². The lowest BCUT2D eigenvalue weighted by Gasteiger charge is -2.24. The highest BCUT2D eigenvalue weighted by atomic mass is 35.5. The van der Waals surface area contributed by atoms with Gasteiger partial charge in [0.25, 0.3) is 0 Å². The van der Waals surface area contributed by atoms with E-state index < -0.39 is 0 Å². The number of anilines is 1. The first-order chi connectivity index (χ1) is 12.1. The summed E-state index contributed by atoms with van der Waals surface area (Å²) in [7, 11) is 1.84. The lowest BCUT2D eigenvalue weighted by atomic mass is 9.96. The molecule has 1 amide bonds. The third-order valence-electron chi connectivity index (χ3n) is 4.50. The molecule has 0 spiro atoms. The average Bonchev–Trinajstić information content (AvgIpc) is 3.15. The van der Waals surface area contributed by atoms with Crippen LogP contribution < -0.4 is 10.1 Å². The Kier molecular flexibility index (Phi) is 3.88. The third kappa shape index (κ3) is 2.74. The van der Waals surface area contributed by atoms with Gasteiger partial charge in [0, 0.05) is 12.1 Å². The van der Waals surface area contributed by atoms with Crippen LogP contribution in [0.4, 0.5) is 5.82 Å². The monoisotopic (exact) mass is 359 g/mol. The van der Waals surface area contributed by atoms with Gasteiger partial charge in [-0.1, -0.05) is 18.5 Å². The molecule has 1 aliphatic heterocycles. The number of H-pyrrole nitrogens is 1. The number of aromatic nitrogens is 4. The van der Waals surface area contributed by atoms with Crippen LogP contribution in [-0.4, -0.2) is 32.5 Å². The number of benzene rings is 1. The summed E-state index contributed by atoms with van der Waals surface area (Å²) < 4.78 is 7.42. The van der Waals surface area contributed by atoms with Gasteiger partial charge >= 0.3 is 0 Å². The number of amides is 1. The number of hydrogen-bond donors (Lipinski definition) is 2. The fourth-order valence-corrected chi connectivity index (χ4v) is 3.41. The van der Waals surface area contributed by atoms with Gasteiger partial charge < -0.3 is 10.1 Å². The molecule has 1 aliphatic rings. The van der Waals surface area contributed by atoms with E-state index in [0.29, 0.717) is 23.9 Å².